The molecule has 2 aliphatic rings. The van der Waals surface area contributed by atoms with Crippen molar-refractivity contribution in [1.29, 1.82) is 0 Å². The molecule has 0 radical (unpaired) electrons. The molecule has 1 aliphatic carbocycles. The fourth-order valence-corrected chi connectivity index (χ4v) is 3.05. The van der Waals surface area contributed by atoms with Crippen LogP contribution in [0.25, 0.3) is 0 Å². The Morgan fingerprint density at radius 2 is 2.30 bits per heavy atom. The number of nitrogens with one attached hydrogen (secondary N) is 2. The van der Waals surface area contributed by atoms with Crippen molar-refractivity contribution in [3.05, 3.63) is 24.0 Å². The lowest BCUT2D eigenvalue weighted by molar-refractivity contribution is -0.118. The number of amides is 1. The number of likely N-dealkylation sites (tertiary alicyclic amines) is 1. The molecule has 1 saturated carbocycles. The van der Waals surface area contributed by atoms with Crippen molar-refractivity contribution in [3.63, 3.8) is 0 Å². The van der Waals surface area contributed by atoms with Crippen molar-refractivity contribution in [2.24, 2.45) is 0 Å². The van der Waals surface area contributed by atoms with Gasteiger partial charge in [-0.15, -0.1) is 0 Å². The van der Waals surface area contributed by atoms with E-state index in [1.165, 1.54) is 0 Å². The number of hydrogen-bond donors (Lipinski definition) is 2. The summed E-state index contributed by atoms with van der Waals surface area (Å²) in [4.78, 5) is 18.9. The number of rotatable bonds is 5. The Bertz CT molecular complexity index is 663. The number of nitrogens with zero attached hydrogens (tertiary/aromatic N) is 4. The van der Waals surface area contributed by atoms with Crippen LogP contribution < -0.4 is 5.32 Å². The summed E-state index contributed by atoms with van der Waals surface area (Å²) in [7, 11) is 0. The number of piperidine rings is 1. The molecule has 2 N–H and O–H groups in total. The third kappa shape index (κ3) is 3.26. The molecule has 0 bridgehead atoms. The van der Waals surface area contributed by atoms with E-state index in [-0.39, 0.29) is 11.9 Å². The molecular weight excluding hydrogens is 296 g/mol. The fraction of sp³-hybridized carbons (Fsp3) is 0.600. The van der Waals surface area contributed by atoms with Gasteiger partial charge in [-0.05, 0) is 32.2 Å². The minimum Gasteiger partial charge on any atom is -0.338 e. The van der Waals surface area contributed by atoms with Crippen LogP contribution in [0.15, 0.2) is 16.8 Å². The average Bonchev–Trinajstić information content (AvgIpc) is 3.07. The zero-order valence-electron chi connectivity index (χ0n) is 12.9. The van der Waals surface area contributed by atoms with Crippen molar-refractivity contribution >= 4 is 11.7 Å². The molecule has 2 fully saturated rings. The van der Waals surface area contributed by atoms with Crippen LogP contribution in [0.4, 0.5) is 5.82 Å². The van der Waals surface area contributed by atoms with E-state index in [4.69, 9.17) is 4.52 Å². The van der Waals surface area contributed by atoms with E-state index < -0.39 is 0 Å². The van der Waals surface area contributed by atoms with Crippen LogP contribution in [-0.2, 0) is 4.79 Å². The lowest BCUT2D eigenvalue weighted by atomic mass is 10.0. The monoisotopic (exact) mass is 316 g/mol. The molecule has 2 aromatic heterocycles. The zero-order chi connectivity index (χ0) is 15.6. The van der Waals surface area contributed by atoms with Crippen LogP contribution in [0.3, 0.4) is 0 Å². The highest BCUT2D eigenvalue weighted by molar-refractivity contribution is 5.91. The Kier molecular flexibility index (Phi) is 3.82. The molecule has 8 heteroatoms. The molecule has 2 aromatic rings. The summed E-state index contributed by atoms with van der Waals surface area (Å²) in [6, 6.07) is 1.77. The van der Waals surface area contributed by atoms with Crippen molar-refractivity contribution in [3.8, 4) is 0 Å². The molecule has 1 aliphatic heterocycles. The number of carbonyl (C=O) groups is 1. The third-order valence-electron chi connectivity index (χ3n) is 4.42. The van der Waals surface area contributed by atoms with E-state index in [9.17, 15) is 4.79 Å². The summed E-state index contributed by atoms with van der Waals surface area (Å²) < 4.78 is 5.47. The van der Waals surface area contributed by atoms with Crippen molar-refractivity contribution in [2.75, 3.05) is 18.4 Å². The molecule has 1 amide bonds. The van der Waals surface area contributed by atoms with E-state index in [0.717, 1.165) is 44.5 Å². The fourth-order valence-electron chi connectivity index (χ4n) is 3.05. The van der Waals surface area contributed by atoms with Gasteiger partial charge in [0.15, 0.2) is 5.82 Å². The number of carbonyl (C=O) groups excluding carboxylic acids is 1. The van der Waals surface area contributed by atoms with E-state index in [0.29, 0.717) is 24.2 Å². The third-order valence-corrected chi connectivity index (χ3v) is 4.42. The predicted octanol–water partition coefficient (Wildman–Crippen LogP) is 1.84. The molecule has 3 heterocycles. The maximum atomic E-state index is 12.2. The van der Waals surface area contributed by atoms with Gasteiger partial charge in [-0.25, -0.2) is 0 Å². The van der Waals surface area contributed by atoms with E-state index in [1.807, 2.05) is 0 Å². The Morgan fingerprint density at radius 1 is 1.39 bits per heavy atom. The highest BCUT2D eigenvalue weighted by atomic mass is 16.5. The average molecular weight is 316 g/mol. The summed E-state index contributed by atoms with van der Waals surface area (Å²) in [5.41, 5.74) is 0. The molecule has 1 saturated heterocycles. The molecule has 1 atom stereocenters. The maximum absolute atomic E-state index is 12.2. The molecule has 0 spiro atoms. The summed E-state index contributed by atoms with van der Waals surface area (Å²) >= 11 is 0. The van der Waals surface area contributed by atoms with Crippen LogP contribution in [0.5, 0.6) is 0 Å². The van der Waals surface area contributed by atoms with Crippen LogP contribution in [0, 0.1) is 0 Å². The standard InChI is InChI=1S/C15H20N6O2/c22-13(17-12-6-7-16-19-12)9-21-8-2-1-3-11(21)15-18-14(20-23-15)10-4-5-10/h6-7,10-11H,1-5,8-9H2,(H2,16,17,19,22)/t11-/m1/s1. The van der Waals surface area contributed by atoms with Crippen LogP contribution in [0.1, 0.15) is 55.8 Å². The topological polar surface area (TPSA) is 99.9 Å². The lowest BCUT2D eigenvalue weighted by Crippen LogP contribution is -2.39. The van der Waals surface area contributed by atoms with E-state index in [1.54, 1.807) is 12.3 Å². The first-order chi connectivity index (χ1) is 11.3. The van der Waals surface area contributed by atoms with Gasteiger partial charge < -0.3 is 9.84 Å². The first kappa shape index (κ1) is 14.4. The van der Waals surface area contributed by atoms with Crippen LogP contribution in [-0.4, -0.2) is 44.2 Å². The lowest BCUT2D eigenvalue weighted by Gasteiger charge is -2.32. The number of aromatic nitrogens is 4. The van der Waals surface area contributed by atoms with E-state index >= 15 is 0 Å². The van der Waals surface area contributed by atoms with Gasteiger partial charge in [0.2, 0.25) is 11.8 Å². The second-order valence-corrected chi connectivity index (χ2v) is 6.27. The smallest absolute Gasteiger partial charge is 0.244 e. The summed E-state index contributed by atoms with van der Waals surface area (Å²) in [6.45, 7) is 1.17. The first-order valence-corrected chi connectivity index (χ1v) is 8.16. The van der Waals surface area contributed by atoms with Gasteiger partial charge >= 0.3 is 0 Å². The summed E-state index contributed by atoms with van der Waals surface area (Å²) in [5.74, 6) is 2.50. The van der Waals surface area contributed by atoms with Gasteiger partial charge in [-0.3, -0.25) is 14.8 Å². The quantitative estimate of drug-likeness (QED) is 0.873. The van der Waals surface area contributed by atoms with Gasteiger partial charge in [0, 0.05) is 12.0 Å². The Labute approximate surface area is 133 Å². The normalized spacial score (nSPS) is 22.2. The number of aromatic amines is 1. The maximum Gasteiger partial charge on any atom is 0.244 e. The molecule has 23 heavy (non-hydrogen) atoms. The van der Waals surface area contributed by atoms with Crippen molar-refractivity contribution in [1.82, 2.24) is 25.2 Å². The Hall–Kier alpha value is -2.22. The zero-order valence-corrected chi connectivity index (χ0v) is 12.9. The molecule has 0 unspecified atom stereocenters. The summed E-state index contributed by atoms with van der Waals surface area (Å²) in [5, 5.41) is 13.5. The second-order valence-electron chi connectivity index (χ2n) is 6.27. The Balaban J connectivity index is 1.43. The largest absolute Gasteiger partial charge is 0.338 e. The molecule has 8 nitrogen and oxygen atoms in total. The highest BCUT2D eigenvalue weighted by Gasteiger charge is 2.33. The minimum absolute atomic E-state index is 0.0382. The van der Waals surface area contributed by atoms with Gasteiger partial charge in [0.05, 0.1) is 18.8 Å². The van der Waals surface area contributed by atoms with Gasteiger partial charge in [-0.2, -0.15) is 10.1 Å². The molecule has 0 aromatic carbocycles. The summed E-state index contributed by atoms with van der Waals surface area (Å²) in [6.07, 6.45) is 7.06. The van der Waals surface area contributed by atoms with Gasteiger partial charge in [0.1, 0.15) is 5.82 Å². The molecule has 122 valence electrons. The second kappa shape index (κ2) is 6.11. The van der Waals surface area contributed by atoms with E-state index in [2.05, 4.69) is 30.6 Å². The number of H-pyrrole nitrogens is 1. The van der Waals surface area contributed by atoms with Gasteiger partial charge in [0.25, 0.3) is 0 Å². The van der Waals surface area contributed by atoms with Crippen molar-refractivity contribution < 1.29 is 9.32 Å². The van der Waals surface area contributed by atoms with Gasteiger partial charge in [-0.1, -0.05) is 11.6 Å². The van der Waals surface area contributed by atoms with Crippen molar-refractivity contribution in [2.45, 2.75) is 44.1 Å². The first-order valence-electron chi connectivity index (χ1n) is 8.16. The minimum atomic E-state index is -0.0666. The molecule has 4 rings (SSSR count). The van der Waals surface area contributed by atoms with Crippen LogP contribution >= 0.6 is 0 Å². The molecular formula is C15H20N6O2. The number of anilines is 1. The predicted molar refractivity (Wildman–Crippen MR) is 81.7 cm³/mol. The SMILES string of the molecule is O=C(CN1CCCC[C@@H]1c1nc(C2CC2)no1)Nc1ccn[nH]1. The highest BCUT2D eigenvalue weighted by Crippen LogP contribution is 2.39. The Morgan fingerprint density at radius 3 is 3.09 bits per heavy atom. The number of hydrogen-bond acceptors (Lipinski definition) is 6. The van der Waals surface area contributed by atoms with Crippen LogP contribution in [0.2, 0.25) is 0 Å².